The van der Waals surface area contributed by atoms with E-state index in [1.807, 2.05) is 0 Å². The summed E-state index contributed by atoms with van der Waals surface area (Å²) in [6.07, 6.45) is 1.76. The molecule has 1 aliphatic rings. The largest absolute Gasteiger partial charge is 0.347 e. The fourth-order valence-corrected chi connectivity index (χ4v) is 2.27. The Morgan fingerprint density at radius 2 is 2.21 bits per heavy atom. The van der Waals surface area contributed by atoms with E-state index in [4.69, 9.17) is 0 Å². The second-order valence-corrected chi connectivity index (χ2v) is 4.76. The summed E-state index contributed by atoms with van der Waals surface area (Å²) in [6.45, 7) is 2.38. The number of aryl methyl sites for hydroxylation is 1. The summed E-state index contributed by atoms with van der Waals surface area (Å²) in [6, 6.07) is 8.04. The molecule has 0 saturated carbocycles. The molecule has 1 amide bonds. The molecule has 5 nitrogen and oxygen atoms in total. The van der Waals surface area contributed by atoms with Crippen LogP contribution >= 0.6 is 0 Å². The zero-order chi connectivity index (χ0) is 13.2. The van der Waals surface area contributed by atoms with Crippen molar-refractivity contribution in [2.24, 2.45) is 7.05 Å². The molecule has 2 heterocycles. The van der Waals surface area contributed by atoms with Gasteiger partial charge in [0.25, 0.3) is 5.91 Å². The number of carbonyl (C=O) groups is 1. The Kier molecular flexibility index (Phi) is 3.05. The molecule has 0 aliphatic carbocycles. The van der Waals surface area contributed by atoms with E-state index in [9.17, 15) is 4.79 Å². The van der Waals surface area contributed by atoms with E-state index in [1.165, 1.54) is 11.1 Å². The first-order valence-electron chi connectivity index (χ1n) is 6.31. The number of aromatic nitrogens is 2. The van der Waals surface area contributed by atoms with E-state index in [0.717, 1.165) is 18.7 Å². The second kappa shape index (κ2) is 4.85. The van der Waals surface area contributed by atoms with Crippen LogP contribution in [0.2, 0.25) is 0 Å². The molecule has 0 saturated heterocycles. The van der Waals surface area contributed by atoms with Crippen molar-refractivity contribution in [1.29, 1.82) is 0 Å². The molecule has 0 unspecified atom stereocenters. The van der Waals surface area contributed by atoms with E-state index < -0.39 is 0 Å². The van der Waals surface area contributed by atoms with Crippen LogP contribution in [0.3, 0.4) is 0 Å². The maximum absolute atomic E-state index is 11.9. The molecule has 19 heavy (non-hydrogen) atoms. The van der Waals surface area contributed by atoms with Crippen molar-refractivity contribution >= 4 is 5.91 Å². The molecule has 1 aromatic heterocycles. The van der Waals surface area contributed by atoms with Crippen molar-refractivity contribution in [3.8, 4) is 0 Å². The van der Waals surface area contributed by atoms with E-state index in [1.54, 1.807) is 24.0 Å². The quantitative estimate of drug-likeness (QED) is 0.859. The summed E-state index contributed by atoms with van der Waals surface area (Å²) >= 11 is 0. The predicted molar refractivity (Wildman–Crippen MR) is 71.4 cm³/mol. The van der Waals surface area contributed by atoms with Crippen molar-refractivity contribution in [1.82, 2.24) is 20.4 Å². The summed E-state index contributed by atoms with van der Waals surface area (Å²) in [5.74, 6) is -0.140. The lowest BCUT2D eigenvalue weighted by Crippen LogP contribution is -2.23. The van der Waals surface area contributed by atoms with Gasteiger partial charge in [-0.25, -0.2) is 0 Å². The summed E-state index contributed by atoms with van der Waals surface area (Å²) in [5.41, 5.74) is 4.24. The topological polar surface area (TPSA) is 59.0 Å². The fourth-order valence-electron chi connectivity index (χ4n) is 2.27. The van der Waals surface area contributed by atoms with Crippen molar-refractivity contribution in [2.45, 2.75) is 19.6 Å². The number of rotatable bonds is 3. The molecule has 1 aliphatic heterocycles. The van der Waals surface area contributed by atoms with Gasteiger partial charge in [-0.2, -0.15) is 5.10 Å². The Morgan fingerprint density at radius 3 is 3.00 bits per heavy atom. The molecule has 0 spiro atoms. The average molecular weight is 256 g/mol. The number of amides is 1. The number of nitrogens with one attached hydrogen (secondary N) is 2. The third-order valence-electron chi connectivity index (χ3n) is 3.30. The molecule has 0 fully saturated rings. The Morgan fingerprint density at radius 1 is 1.37 bits per heavy atom. The van der Waals surface area contributed by atoms with Crippen LogP contribution in [0, 0.1) is 0 Å². The van der Waals surface area contributed by atoms with E-state index in [-0.39, 0.29) is 5.91 Å². The third kappa shape index (κ3) is 2.51. The first-order valence-corrected chi connectivity index (χ1v) is 6.31. The van der Waals surface area contributed by atoms with Crippen molar-refractivity contribution in [2.75, 3.05) is 0 Å². The zero-order valence-corrected chi connectivity index (χ0v) is 10.8. The normalized spacial score (nSPS) is 13.3. The van der Waals surface area contributed by atoms with Gasteiger partial charge in [0.05, 0.1) is 0 Å². The first kappa shape index (κ1) is 11.9. The van der Waals surface area contributed by atoms with Crippen LogP contribution in [0.1, 0.15) is 27.2 Å². The molecule has 2 aromatic rings. The molecule has 5 heteroatoms. The van der Waals surface area contributed by atoms with Gasteiger partial charge in [0.15, 0.2) is 0 Å². The van der Waals surface area contributed by atoms with Crippen LogP contribution in [-0.4, -0.2) is 15.7 Å². The van der Waals surface area contributed by atoms with Gasteiger partial charge in [-0.15, -0.1) is 0 Å². The molecule has 2 N–H and O–H groups in total. The van der Waals surface area contributed by atoms with Gasteiger partial charge in [-0.1, -0.05) is 18.2 Å². The predicted octanol–water partition coefficient (Wildman–Crippen LogP) is 0.953. The number of fused-ring (bicyclic) bond motifs is 1. The van der Waals surface area contributed by atoms with E-state index in [0.29, 0.717) is 12.2 Å². The minimum atomic E-state index is -0.140. The highest BCUT2D eigenvalue weighted by Gasteiger charge is 2.11. The minimum absolute atomic E-state index is 0.140. The summed E-state index contributed by atoms with van der Waals surface area (Å²) in [7, 11) is 1.80. The molecule has 0 atom stereocenters. The Bertz CT molecular complexity index is 618. The summed E-state index contributed by atoms with van der Waals surface area (Å²) in [5, 5.41) is 10.3. The monoisotopic (exact) mass is 256 g/mol. The van der Waals surface area contributed by atoms with Crippen LogP contribution in [0.5, 0.6) is 0 Å². The highest BCUT2D eigenvalue weighted by molar-refractivity contribution is 5.92. The van der Waals surface area contributed by atoms with Gasteiger partial charge in [0.2, 0.25) is 0 Å². The molecule has 1 aromatic carbocycles. The van der Waals surface area contributed by atoms with Crippen molar-refractivity contribution in [3.63, 3.8) is 0 Å². The van der Waals surface area contributed by atoms with Gasteiger partial charge in [0, 0.05) is 32.9 Å². The number of carbonyl (C=O) groups excluding carboxylic acids is 1. The molecule has 3 rings (SSSR count). The highest BCUT2D eigenvalue weighted by atomic mass is 16.1. The number of hydrogen-bond acceptors (Lipinski definition) is 3. The smallest absolute Gasteiger partial charge is 0.272 e. The van der Waals surface area contributed by atoms with Gasteiger partial charge < -0.3 is 10.6 Å². The molecular weight excluding hydrogens is 240 g/mol. The van der Waals surface area contributed by atoms with Crippen LogP contribution in [-0.2, 0) is 26.7 Å². The maximum Gasteiger partial charge on any atom is 0.272 e. The molecule has 98 valence electrons. The summed E-state index contributed by atoms with van der Waals surface area (Å²) in [4.78, 5) is 11.9. The SMILES string of the molecule is Cn1ccc(C(=O)NCc2ccc3c(c2)CNC3)n1. The lowest BCUT2D eigenvalue weighted by molar-refractivity contribution is 0.0945. The fraction of sp³-hybridized carbons (Fsp3) is 0.286. The van der Waals surface area contributed by atoms with Crippen molar-refractivity contribution < 1.29 is 4.79 Å². The maximum atomic E-state index is 11.9. The van der Waals surface area contributed by atoms with Gasteiger partial charge >= 0.3 is 0 Å². The molecular formula is C14H16N4O. The Hall–Kier alpha value is -2.14. The Balaban J connectivity index is 1.64. The standard InChI is InChI=1S/C14H16N4O/c1-18-5-4-13(17-18)14(19)16-7-10-2-3-11-8-15-9-12(11)6-10/h2-6,15H,7-9H2,1H3,(H,16,19). The van der Waals surface area contributed by atoms with Crippen LogP contribution in [0.15, 0.2) is 30.5 Å². The van der Waals surface area contributed by atoms with Gasteiger partial charge in [0.1, 0.15) is 5.69 Å². The average Bonchev–Trinajstić information content (AvgIpc) is 3.03. The minimum Gasteiger partial charge on any atom is -0.347 e. The van der Waals surface area contributed by atoms with Crippen LogP contribution in [0.4, 0.5) is 0 Å². The van der Waals surface area contributed by atoms with Gasteiger partial charge in [-0.3, -0.25) is 9.48 Å². The highest BCUT2D eigenvalue weighted by Crippen LogP contribution is 2.16. The van der Waals surface area contributed by atoms with Gasteiger partial charge in [-0.05, 0) is 22.8 Å². The van der Waals surface area contributed by atoms with Crippen LogP contribution < -0.4 is 10.6 Å². The van der Waals surface area contributed by atoms with E-state index >= 15 is 0 Å². The van der Waals surface area contributed by atoms with Crippen LogP contribution in [0.25, 0.3) is 0 Å². The first-order chi connectivity index (χ1) is 9.22. The molecule has 0 bridgehead atoms. The van der Waals surface area contributed by atoms with Crippen molar-refractivity contribution in [3.05, 3.63) is 52.8 Å². The lowest BCUT2D eigenvalue weighted by atomic mass is 10.1. The number of hydrogen-bond donors (Lipinski definition) is 2. The Labute approximate surface area is 111 Å². The zero-order valence-electron chi connectivity index (χ0n) is 10.8. The number of benzene rings is 1. The number of nitrogens with zero attached hydrogens (tertiary/aromatic N) is 2. The second-order valence-electron chi connectivity index (χ2n) is 4.76. The lowest BCUT2D eigenvalue weighted by Gasteiger charge is -2.05. The molecule has 0 radical (unpaired) electrons. The third-order valence-corrected chi connectivity index (χ3v) is 3.30. The van der Waals surface area contributed by atoms with E-state index in [2.05, 4.69) is 33.9 Å². The summed E-state index contributed by atoms with van der Waals surface area (Å²) < 4.78 is 1.62.